The molecule has 0 atom stereocenters. The lowest BCUT2D eigenvalue weighted by Crippen LogP contribution is -1.96. The van der Waals surface area contributed by atoms with Crippen LogP contribution in [0.15, 0.2) is 71.6 Å². The number of hydrogen-bond donors (Lipinski definition) is 0. The summed E-state index contributed by atoms with van der Waals surface area (Å²) in [6.07, 6.45) is 0. The highest BCUT2D eigenvalue weighted by atomic mass is 35.7. The zero-order valence-corrected chi connectivity index (χ0v) is 13.1. The minimum Gasteiger partial charge on any atom is -0.489 e. The summed E-state index contributed by atoms with van der Waals surface area (Å²) < 4.78 is 28.9. The lowest BCUT2D eigenvalue weighted by molar-refractivity contribution is 0.306. The zero-order valence-electron chi connectivity index (χ0n) is 11.6. The normalized spacial score (nSPS) is 11.5. The minimum atomic E-state index is -3.77. The smallest absolute Gasteiger partial charge is 0.261 e. The van der Waals surface area contributed by atoms with E-state index in [0.29, 0.717) is 17.7 Å². The summed E-state index contributed by atoms with van der Waals surface area (Å²) in [5, 5.41) is 1.36. The molecule has 3 aromatic rings. The Bertz CT molecular complexity index is 906. The highest BCUT2D eigenvalue weighted by Gasteiger charge is 2.14. The van der Waals surface area contributed by atoms with Gasteiger partial charge in [-0.05, 0) is 35.2 Å². The van der Waals surface area contributed by atoms with Crippen LogP contribution in [-0.2, 0) is 15.7 Å². The summed E-state index contributed by atoms with van der Waals surface area (Å²) in [6, 6.07) is 20.1. The Morgan fingerprint density at radius 2 is 1.68 bits per heavy atom. The summed E-state index contributed by atoms with van der Waals surface area (Å²) in [5.74, 6) is 0.681. The summed E-state index contributed by atoms with van der Waals surface area (Å²) in [5.41, 5.74) is 1.07. The molecule has 0 N–H and O–H groups in total. The highest BCUT2D eigenvalue weighted by Crippen LogP contribution is 2.28. The third-order valence-electron chi connectivity index (χ3n) is 3.32. The van der Waals surface area contributed by atoms with Crippen LogP contribution in [0.2, 0.25) is 0 Å². The van der Waals surface area contributed by atoms with Crippen molar-refractivity contribution >= 4 is 30.5 Å². The lowest BCUT2D eigenvalue weighted by Gasteiger charge is -2.09. The lowest BCUT2D eigenvalue weighted by atomic mass is 10.1. The van der Waals surface area contributed by atoms with Crippen LogP contribution in [0.1, 0.15) is 5.56 Å². The molecule has 3 nitrogen and oxygen atoms in total. The van der Waals surface area contributed by atoms with Crippen LogP contribution in [0.3, 0.4) is 0 Å². The van der Waals surface area contributed by atoms with E-state index in [0.717, 1.165) is 10.9 Å². The zero-order chi connectivity index (χ0) is 15.6. The largest absolute Gasteiger partial charge is 0.489 e. The standard InChI is InChI=1S/C17H13ClO3S/c18-22(19,20)17-8-4-7-14-11-15(9-10-16(14)17)21-12-13-5-2-1-3-6-13/h1-11H,12H2. The maximum absolute atomic E-state index is 11.6. The van der Waals surface area contributed by atoms with Crippen LogP contribution < -0.4 is 4.74 Å². The Labute approximate surface area is 133 Å². The fraction of sp³-hybridized carbons (Fsp3) is 0.0588. The molecule has 0 unspecified atom stereocenters. The van der Waals surface area contributed by atoms with Crippen LogP contribution in [-0.4, -0.2) is 8.42 Å². The molecule has 0 saturated heterocycles. The van der Waals surface area contributed by atoms with E-state index in [4.69, 9.17) is 15.4 Å². The topological polar surface area (TPSA) is 43.4 Å². The van der Waals surface area contributed by atoms with Crippen LogP contribution in [0, 0.1) is 0 Å². The minimum absolute atomic E-state index is 0.112. The van der Waals surface area contributed by atoms with Crippen LogP contribution >= 0.6 is 10.7 Å². The van der Waals surface area contributed by atoms with Crippen molar-refractivity contribution in [2.75, 3.05) is 0 Å². The predicted molar refractivity (Wildman–Crippen MR) is 87.8 cm³/mol. The number of halogens is 1. The van der Waals surface area contributed by atoms with Crippen molar-refractivity contribution in [2.24, 2.45) is 0 Å². The molecule has 0 amide bonds. The van der Waals surface area contributed by atoms with Gasteiger partial charge in [-0.1, -0.05) is 42.5 Å². The van der Waals surface area contributed by atoms with E-state index in [-0.39, 0.29) is 4.90 Å². The Kier molecular flexibility index (Phi) is 4.05. The van der Waals surface area contributed by atoms with Gasteiger partial charge in [0.15, 0.2) is 0 Å². The molecule has 0 bridgehead atoms. The van der Waals surface area contributed by atoms with Gasteiger partial charge < -0.3 is 4.74 Å². The Hall–Kier alpha value is -2.04. The van der Waals surface area contributed by atoms with E-state index in [2.05, 4.69) is 0 Å². The second-order valence-corrected chi connectivity index (χ2v) is 7.39. The van der Waals surface area contributed by atoms with Gasteiger partial charge in [-0.25, -0.2) is 8.42 Å². The molecular formula is C17H13ClO3S. The highest BCUT2D eigenvalue weighted by molar-refractivity contribution is 8.14. The van der Waals surface area contributed by atoms with E-state index in [9.17, 15) is 8.42 Å². The molecule has 3 rings (SSSR count). The molecule has 0 spiro atoms. The van der Waals surface area contributed by atoms with Crippen LogP contribution in [0.25, 0.3) is 10.8 Å². The van der Waals surface area contributed by atoms with Crippen molar-refractivity contribution in [3.8, 4) is 5.75 Å². The molecule has 112 valence electrons. The van der Waals surface area contributed by atoms with Crippen molar-refractivity contribution in [3.63, 3.8) is 0 Å². The average molecular weight is 333 g/mol. The first-order valence-corrected chi connectivity index (χ1v) is 8.99. The van der Waals surface area contributed by atoms with Crippen molar-refractivity contribution in [3.05, 3.63) is 72.3 Å². The van der Waals surface area contributed by atoms with Crippen molar-refractivity contribution in [2.45, 2.75) is 11.5 Å². The molecule has 22 heavy (non-hydrogen) atoms. The van der Waals surface area contributed by atoms with Crippen molar-refractivity contribution < 1.29 is 13.2 Å². The maximum atomic E-state index is 11.6. The number of benzene rings is 3. The first-order valence-electron chi connectivity index (χ1n) is 6.68. The molecule has 0 heterocycles. The number of rotatable bonds is 4. The van der Waals surface area contributed by atoms with Gasteiger partial charge in [-0.15, -0.1) is 0 Å². The van der Waals surface area contributed by atoms with Gasteiger partial charge >= 0.3 is 0 Å². The van der Waals surface area contributed by atoms with E-state index in [1.54, 1.807) is 18.2 Å². The molecule has 0 aromatic heterocycles. The van der Waals surface area contributed by atoms with E-state index >= 15 is 0 Å². The van der Waals surface area contributed by atoms with Crippen molar-refractivity contribution in [1.29, 1.82) is 0 Å². The quantitative estimate of drug-likeness (QED) is 0.667. The van der Waals surface area contributed by atoms with Gasteiger partial charge in [0, 0.05) is 16.1 Å². The fourth-order valence-corrected chi connectivity index (χ4v) is 3.37. The Morgan fingerprint density at radius 3 is 2.41 bits per heavy atom. The van der Waals surface area contributed by atoms with Gasteiger partial charge in [0.1, 0.15) is 12.4 Å². The molecule has 3 aromatic carbocycles. The molecule has 0 fully saturated rings. The van der Waals surface area contributed by atoms with Gasteiger partial charge in [0.2, 0.25) is 0 Å². The summed E-state index contributed by atoms with van der Waals surface area (Å²) in [6.45, 7) is 0.458. The summed E-state index contributed by atoms with van der Waals surface area (Å²) >= 11 is 0. The molecule has 5 heteroatoms. The van der Waals surface area contributed by atoms with Crippen molar-refractivity contribution in [1.82, 2.24) is 0 Å². The SMILES string of the molecule is O=S(=O)(Cl)c1cccc2cc(OCc3ccccc3)ccc12. The molecule has 0 radical (unpaired) electrons. The van der Waals surface area contributed by atoms with Gasteiger partial charge in [-0.3, -0.25) is 0 Å². The summed E-state index contributed by atoms with van der Waals surface area (Å²) in [4.78, 5) is 0.112. The number of ether oxygens (including phenoxy) is 1. The predicted octanol–water partition coefficient (Wildman–Crippen LogP) is 4.35. The third kappa shape index (κ3) is 3.24. The first-order chi connectivity index (χ1) is 10.5. The number of fused-ring (bicyclic) bond motifs is 1. The van der Waals surface area contributed by atoms with Crippen LogP contribution in [0.5, 0.6) is 5.75 Å². The average Bonchev–Trinajstić information content (AvgIpc) is 2.52. The van der Waals surface area contributed by atoms with Gasteiger partial charge in [0.25, 0.3) is 9.05 Å². The maximum Gasteiger partial charge on any atom is 0.261 e. The molecular weight excluding hydrogens is 320 g/mol. The molecule has 0 aliphatic heterocycles. The van der Waals surface area contributed by atoms with Gasteiger partial charge in [0.05, 0.1) is 4.90 Å². The van der Waals surface area contributed by atoms with Gasteiger partial charge in [-0.2, -0.15) is 0 Å². The Balaban J connectivity index is 1.91. The summed E-state index contributed by atoms with van der Waals surface area (Å²) in [7, 11) is 1.69. The molecule has 0 aliphatic carbocycles. The third-order valence-corrected chi connectivity index (χ3v) is 4.70. The first kappa shape index (κ1) is 14.9. The van der Waals surface area contributed by atoms with E-state index < -0.39 is 9.05 Å². The van der Waals surface area contributed by atoms with E-state index in [1.807, 2.05) is 42.5 Å². The van der Waals surface area contributed by atoms with E-state index in [1.165, 1.54) is 6.07 Å². The molecule has 0 aliphatic rings. The monoisotopic (exact) mass is 332 g/mol. The second kappa shape index (κ2) is 5.99. The second-order valence-electron chi connectivity index (χ2n) is 4.85. The van der Waals surface area contributed by atoms with Crippen LogP contribution in [0.4, 0.5) is 0 Å². The molecule has 0 saturated carbocycles. The Morgan fingerprint density at radius 1 is 0.909 bits per heavy atom. The number of hydrogen-bond acceptors (Lipinski definition) is 3. The fourth-order valence-electron chi connectivity index (χ4n) is 2.28.